The Morgan fingerprint density at radius 3 is 2.42 bits per heavy atom. The number of hydrazine groups is 1. The Balaban J connectivity index is 2.82. The minimum atomic E-state index is 0.420. The van der Waals surface area contributed by atoms with Crippen molar-refractivity contribution in [3.63, 3.8) is 0 Å². The maximum Gasteiger partial charge on any atom is 0.242 e. The molecule has 3 N–H and O–H groups in total. The summed E-state index contributed by atoms with van der Waals surface area (Å²) in [7, 11) is 0. The Bertz CT molecular complexity index is 380. The van der Waals surface area contributed by atoms with Crippen LogP contribution in [-0.2, 0) is 0 Å². The van der Waals surface area contributed by atoms with Gasteiger partial charge in [0.15, 0.2) is 5.16 Å². The SMILES string of the molecule is CCN(CC)c1nc(NN)nc(SCCC(C)C)n1. The molecule has 0 aliphatic carbocycles. The highest BCUT2D eigenvalue weighted by Gasteiger charge is 2.11. The lowest BCUT2D eigenvalue weighted by atomic mass is 10.2. The largest absolute Gasteiger partial charge is 0.341 e. The number of rotatable bonds is 8. The van der Waals surface area contributed by atoms with Gasteiger partial charge in [-0.3, -0.25) is 5.43 Å². The third kappa shape index (κ3) is 5.20. The molecule has 0 saturated carbocycles. The molecule has 6 nitrogen and oxygen atoms in total. The summed E-state index contributed by atoms with van der Waals surface area (Å²) in [6.07, 6.45) is 1.14. The van der Waals surface area contributed by atoms with Crippen molar-refractivity contribution < 1.29 is 0 Å². The molecule has 0 bridgehead atoms. The van der Waals surface area contributed by atoms with Crippen molar-refractivity contribution in [1.82, 2.24) is 15.0 Å². The van der Waals surface area contributed by atoms with Crippen LogP contribution in [0.5, 0.6) is 0 Å². The van der Waals surface area contributed by atoms with Crippen molar-refractivity contribution in [3.8, 4) is 0 Å². The smallest absolute Gasteiger partial charge is 0.242 e. The predicted octanol–water partition coefficient (Wildman–Crippen LogP) is 2.14. The lowest BCUT2D eigenvalue weighted by Crippen LogP contribution is -2.25. The van der Waals surface area contributed by atoms with E-state index in [4.69, 9.17) is 5.84 Å². The molecule has 0 spiro atoms. The molecule has 0 fully saturated rings. The first-order chi connectivity index (χ1) is 9.10. The van der Waals surface area contributed by atoms with Gasteiger partial charge in [-0.1, -0.05) is 25.6 Å². The molecule has 0 unspecified atom stereocenters. The number of nitrogen functional groups attached to an aromatic ring is 1. The van der Waals surface area contributed by atoms with E-state index in [2.05, 4.69) is 53.0 Å². The number of thioether (sulfide) groups is 1. The van der Waals surface area contributed by atoms with Gasteiger partial charge in [0, 0.05) is 18.8 Å². The van der Waals surface area contributed by atoms with Gasteiger partial charge in [0.1, 0.15) is 0 Å². The molecule has 1 rings (SSSR count). The van der Waals surface area contributed by atoms with Gasteiger partial charge in [-0.2, -0.15) is 15.0 Å². The molecular weight excluding hydrogens is 260 g/mol. The van der Waals surface area contributed by atoms with Gasteiger partial charge < -0.3 is 4.90 Å². The van der Waals surface area contributed by atoms with E-state index in [9.17, 15) is 0 Å². The minimum Gasteiger partial charge on any atom is -0.341 e. The van der Waals surface area contributed by atoms with Crippen LogP contribution in [0, 0.1) is 5.92 Å². The Kier molecular flexibility index (Phi) is 6.86. The van der Waals surface area contributed by atoms with E-state index < -0.39 is 0 Å². The molecule has 19 heavy (non-hydrogen) atoms. The van der Waals surface area contributed by atoms with E-state index in [-0.39, 0.29) is 0 Å². The highest BCUT2D eigenvalue weighted by molar-refractivity contribution is 7.99. The van der Waals surface area contributed by atoms with Gasteiger partial charge in [0.25, 0.3) is 0 Å². The Morgan fingerprint density at radius 1 is 1.21 bits per heavy atom. The molecule has 0 aliphatic rings. The van der Waals surface area contributed by atoms with Crippen LogP contribution < -0.4 is 16.2 Å². The van der Waals surface area contributed by atoms with Gasteiger partial charge in [0.05, 0.1) is 0 Å². The minimum absolute atomic E-state index is 0.420. The van der Waals surface area contributed by atoms with E-state index in [0.29, 0.717) is 17.8 Å². The van der Waals surface area contributed by atoms with Crippen molar-refractivity contribution in [2.75, 3.05) is 29.2 Å². The monoisotopic (exact) mass is 284 g/mol. The van der Waals surface area contributed by atoms with Crippen LogP contribution in [0.15, 0.2) is 5.16 Å². The summed E-state index contributed by atoms with van der Waals surface area (Å²) in [5, 5.41) is 0.727. The lowest BCUT2D eigenvalue weighted by Gasteiger charge is -2.19. The molecule has 0 saturated heterocycles. The molecule has 0 atom stereocenters. The highest BCUT2D eigenvalue weighted by Crippen LogP contribution is 2.20. The van der Waals surface area contributed by atoms with E-state index in [0.717, 1.165) is 30.4 Å². The van der Waals surface area contributed by atoms with Crippen LogP contribution in [0.3, 0.4) is 0 Å². The Labute approximate surface area is 119 Å². The summed E-state index contributed by atoms with van der Waals surface area (Å²) < 4.78 is 0. The summed E-state index contributed by atoms with van der Waals surface area (Å²) in [6, 6.07) is 0. The average molecular weight is 284 g/mol. The maximum absolute atomic E-state index is 5.42. The number of nitrogens with one attached hydrogen (secondary N) is 1. The predicted molar refractivity (Wildman–Crippen MR) is 81.4 cm³/mol. The topological polar surface area (TPSA) is 80.0 Å². The number of nitrogens with two attached hydrogens (primary N) is 1. The van der Waals surface area contributed by atoms with E-state index in [1.54, 1.807) is 11.8 Å². The highest BCUT2D eigenvalue weighted by atomic mass is 32.2. The first-order valence-corrected chi connectivity index (χ1v) is 7.69. The lowest BCUT2D eigenvalue weighted by molar-refractivity contribution is 0.631. The van der Waals surface area contributed by atoms with E-state index in [1.807, 2.05) is 0 Å². The summed E-state index contributed by atoms with van der Waals surface area (Å²) in [4.78, 5) is 15.1. The second-order valence-electron chi connectivity index (χ2n) is 4.59. The number of aromatic nitrogens is 3. The maximum atomic E-state index is 5.42. The molecule has 0 amide bonds. The molecule has 1 aromatic heterocycles. The quantitative estimate of drug-likeness (QED) is 0.430. The van der Waals surface area contributed by atoms with Crippen LogP contribution in [0.1, 0.15) is 34.1 Å². The van der Waals surface area contributed by atoms with Crippen LogP contribution in [0.2, 0.25) is 0 Å². The van der Waals surface area contributed by atoms with Gasteiger partial charge >= 0.3 is 0 Å². The van der Waals surface area contributed by atoms with E-state index >= 15 is 0 Å². The third-order valence-corrected chi connectivity index (χ3v) is 3.59. The zero-order chi connectivity index (χ0) is 14.3. The van der Waals surface area contributed by atoms with Crippen molar-refractivity contribution in [1.29, 1.82) is 0 Å². The first-order valence-electron chi connectivity index (χ1n) is 6.71. The van der Waals surface area contributed by atoms with Gasteiger partial charge in [-0.05, 0) is 26.2 Å². The zero-order valence-electron chi connectivity index (χ0n) is 12.2. The fourth-order valence-electron chi connectivity index (χ4n) is 1.51. The molecular formula is C12H24N6S. The molecule has 7 heteroatoms. The van der Waals surface area contributed by atoms with Gasteiger partial charge in [-0.25, -0.2) is 5.84 Å². The number of anilines is 2. The normalized spacial score (nSPS) is 10.8. The fourth-order valence-corrected chi connectivity index (χ4v) is 2.58. The molecule has 0 aromatic carbocycles. The van der Waals surface area contributed by atoms with Crippen molar-refractivity contribution in [3.05, 3.63) is 0 Å². The molecule has 0 aliphatic heterocycles. The van der Waals surface area contributed by atoms with Gasteiger partial charge in [0.2, 0.25) is 11.9 Å². The zero-order valence-corrected chi connectivity index (χ0v) is 13.0. The van der Waals surface area contributed by atoms with Gasteiger partial charge in [-0.15, -0.1) is 0 Å². The van der Waals surface area contributed by atoms with Crippen LogP contribution in [0.4, 0.5) is 11.9 Å². The van der Waals surface area contributed by atoms with Crippen LogP contribution >= 0.6 is 11.8 Å². The second kappa shape index (κ2) is 8.16. The average Bonchev–Trinajstić information content (AvgIpc) is 2.39. The molecule has 1 aromatic rings. The summed E-state index contributed by atoms with van der Waals surface area (Å²) in [5.41, 5.74) is 2.51. The van der Waals surface area contributed by atoms with E-state index in [1.165, 1.54) is 0 Å². The van der Waals surface area contributed by atoms with Crippen molar-refractivity contribution >= 4 is 23.7 Å². The molecule has 108 valence electrons. The summed E-state index contributed by atoms with van der Waals surface area (Å²) in [5.74, 6) is 8.21. The first kappa shape index (κ1) is 16.0. The number of hydrogen-bond donors (Lipinski definition) is 2. The van der Waals surface area contributed by atoms with Crippen LogP contribution in [0.25, 0.3) is 0 Å². The Morgan fingerprint density at radius 2 is 1.89 bits per heavy atom. The standard InChI is InChI=1S/C12H24N6S/c1-5-18(6-2)11-14-10(17-13)15-12(16-11)19-8-7-9(3)4/h9H,5-8,13H2,1-4H3,(H,14,15,16,17). The summed E-state index contributed by atoms with van der Waals surface area (Å²) >= 11 is 1.65. The fraction of sp³-hybridized carbons (Fsp3) is 0.750. The second-order valence-corrected chi connectivity index (χ2v) is 5.65. The molecule has 0 radical (unpaired) electrons. The Hall–Kier alpha value is -1.08. The third-order valence-electron chi connectivity index (χ3n) is 2.70. The molecule has 1 heterocycles. The van der Waals surface area contributed by atoms with Crippen LogP contribution in [-0.4, -0.2) is 33.8 Å². The van der Waals surface area contributed by atoms with Crippen molar-refractivity contribution in [2.24, 2.45) is 11.8 Å². The summed E-state index contributed by atoms with van der Waals surface area (Å²) in [6.45, 7) is 10.3. The van der Waals surface area contributed by atoms with Crippen molar-refractivity contribution in [2.45, 2.75) is 39.3 Å². The number of hydrogen-bond acceptors (Lipinski definition) is 7. The number of nitrogens with zero attached hydrogens (tertiary/aromatic N) is 4.